The fourth-order valence-corrected chi connectivity index (χ4v) is 5.22. The summed E-state index contributed by atoms with van der Waals surface area (Å²) in [5.41, 5.74) is -0.110. The Kier molecular flexibility index (Phi) is 5.82. The topological polar surface area (TPSA) is 112 Å². The van der Waals surface area contributed by atoms with E-state index in [0.717, 1.165) is 6.26 Å². The second-order valence-corrected chi connectivity index (χ2v) is 9.23. The van der Waals surface area contributed by atoms with E-state index in [9.17, 15) is 22.9 Å². The second kappa shape index (κ2) is 7.36. The molecule has 1 N–H and O–H groups in total. The van der Waals surface area contributed by atoms with Crippen molar-refractivity contribution in [1.29, 1.82) is 0 Å². The third kappa shape index (κ3) is 3.69. The van der Waals surface area contributed by atoms with Gasteiger partial charge in [-0.15, -0.1) is 0 Å². The van der Waals surface area contributed by atoms with Crippen molar-refractivity contribution >= 4 is 38.4 Å². The highest BCUT2D eigenvalue weighted by molar-refractivity contribution is 7.94. The minimum absolute atomic E-state index is 0.0446. The third-order valence-electron chi connectivity index (χ3n) is 3.55. The highest BCUT2D eigenvalue weighted by Crippen LogP contribution is 2.34. The van der Waals surface area contributed by atoms with Crippen LogP contribution in [0.3, 0.4) is 0 Å². The van der Waals surface area contributed by atoms with Gasteiger partial charge in [-0.25, -0.2) is 13.1 Å². The molecule has 0 aliphatic carbocycles. The Hall–Kier alpha value is -1.55. The Morgan fingerprint density at radius 1 is 1.36 bits per heavy atom. The fraction of sp³-hybridized carbons (Fsp3) is 0.333. The van der Waals surface area contributed by atoms with Crippen molar-refractivity contribution in [2.75, 3.05) is 12.0 Å². The number of halogens is 1. The van der Waals surface area contributed by atoms with Gasteiger partial charge >= 0.3 is 0 Å². The lowest BCUT2D eigenvalue weighted by Gasteiger charge is -2.15. The largest absolute Gasteiger partial charge is 0.611 e. The molecule has 0 fully saturated rings. The lowest BCUT2D eigenvalue weighted by Crippen LogP contribution is -2.14. The maximum atomic E-state index is 12.7. The summed E-state index contributed by atoms with van der Waals surface area (Å²) in [6, 6.07) is 2.46. The predicted octanol–water partition coefficient (Wildman–Crippen LogP) is 2.02. The van der Waals surface area contributed by atoms with Gasteiger partial charge in [0.1, 0.15) is 21.2 Å². The van der Waals surface area contributed by atoms with Crippen molar-refractivity contribution in [3.8, 4) is 5.88 Å². The van der Waals surface area contributed by atoms with Crippen LogP contribution >= 0.6 is 11.6 Å². The first-order valence-corrected chi connectivity index (χ1v) is 10.9. The van der Waals surface area contributed by atoms with E-state index in [2.05, 4.69) is 5.10 Å². The molecule has 1 atom stereocenters. The van der Waals surface area contributed by atoms with Crippen LogP contribution in [0.4, 0.5) is 0 Å². The summed E-state index contributed by atoms with van der Waals surface area (Å²) in [7, 11) is -3.68. The van der Waals surface area contributed by atoms with Crippen LogP contribution in [-0.4, -0.2) is 45.6 Å². The highest BCUT2D eigenvalue weighted by Gasteiger charge is 2.30. The minimum Gasteiger partial charge on any atom is -0.611 e. The van der Waals surface area contributed by atoms with E-state index in [-0.39, 0.29) is 37.6 Å². The van der Waals surface area contributed by atoms with Gasteiger partial charge in [-0.05, 0) is 37.2 Å². The van der Waals surface area contributed by atoms with E-state index >= 15 is 0 Å². The average Bonchev–Trinajstić information content (AvgIpc) is 2.93. The Balaban J connectivity index is 2.67. The first kappa shape index (κ1) is 19.8. The molecule has 0 aliphatic rings. The summed E-state index contributed by atoms with van der Waals surface area (Å²) >= 11 is 4.55. The van der Waals surface area contributed by atoms with Crippen molar-refractivity contribution in [2.45, 2.75) is 30.2 Å². The Morgan fingerprint density at radius 2 is 2.00 bits per heavy atom. The number of hydrogen-bond donors (Lipinski definition) is 1. The first-order chi connectivity index (χ1) is 11.6. The summed E-state index contributed by atoms with van der Waals surface area (Å²) in [5, 5.41) is 13.7. The number of rotatable bonds is 6. The molecule has 7 nitrogen and oxygen atoms in total. The molecule has 0 aliphatic heterocycles. The predicted molar refractivity (Wildman–Crippen MR) is 94.5 cm³/mol. The molecule has 1 aromatic carbocycles. The zero-order valence-electron chi connectivity index (χ0n) is 13.8. The van der Waals surface area contributed by atoms with Crippen molar-refractivity contribution in [3.63, 3.8) is 0 Å². The lowest BCUT2D eigenvalue weighted by atomic mass is 10.1. The molecule has 1 heterocycles. The van der Waals surface area contributed by atoms with Crippen LogP contribution in [0.15, 0.2) is 28.1 Å². The first-order valence-electron chi connectivity index (χ1n) is 7.33. The summed E-state index contributed by atoms with van der Waals surface area (Å²) < 4.78 is 37.4. The van der Waals surface area contributed by atoms with Gasteiger partial charge in [-0.3, -0.25) is 4.79 Å². The van der Waals surface area contributed by atoms with Crippen molar-refractivity contribution < 1.29 is 22.9 Å². The summed E-state index contributed by atoms with van der Waals surface area (Å²) in [6.07, 6.45) is 2.19. The molecular formula is C15H17ClN2O5S2. The SMILES string of the molecule is CCn1ncc(C(=O)c2ccc(S(C)(=O)=O)c([S+]([O-])CC)c2Cl)c1O. The molecule has 0 spiro atoms. The Morgan fingerprint density at radius 3 is 2.48 bits per heavy atom. The monoisotopic (exact) mass is 404 g/mol. The molecule has 0 saturated heterocycles. The number of ketones is 1. The summed E-state index contributed by atoms with van der Waals surface area (Å²) in [5.74, 6) is -0.802. The number of carbonyl (C=O) groups is 1. The van der Waals surface area contributed by atoms with Gasteiger partial charge in [0.15, 0.2) is 14.7 Å². The maximum absolute atomic E-state index is 12.7. The van der Waals surface area contributed by atoms with Crippen LogP contribution in [0.1, 0.15) is 29.8 Å². The number of carbonyl (C=O) groups excluding carboxylic acids is 1. The molecule has 10 heteroatoms. The van der Waals surface area contributed by atoms with Gasteiger partial charge in [-0.2, -0.15) is 5.10 Å². The molecular weight excluding hydrogens is 388 g/mol. The number of aromatic hydroxyl groups is 1. The normalized spacial score (nSPS) is 13.0. The lowest BCUT2D eigenvalue weighted by molar-refractivity contribution is 0.103. The number of benzene rings is 1. The maximum Gasteiger partial charge on any atom is 0.220 e. The molecule has 25 heavy (non-hydrogen) atoms. The molecule has 0 radical (unpaired) electrons. The molecule has 0 amide bonds. The number of sulfone groups is 1. The Bertz CT molecular complexity index is 924. The van der Waals surface area contributed by atoms with Crippen molar-refractivity contribution in [2.24, 2.45) is 0 Å². The highest BCUT2D eigenvalue weighted by atomic mass is 35.5. The second-order valence-electron chi connectivity index (χ2n) is 5.19. The van der Waals surface area contributed by atoms with Crippen molar-refractivity contribution in [1.82, 2.24) is 9.78 Å². The molecule has 0 saturated carbocycles. The third-order valence-corrected chi connectivity index (χ3v) is 6.73. The Labute approximate surface area is 153 Å². The zero-order valence-corrected chi connectivity index (χ0v) is 16.2. The van der Waals surface area contributed by atoms with Gasteiger partial charge in [0, 0.05) is 18.4 Å². The molecule has 0 bridgehead atoms. The quantitative estimate of drug-likeness (QED) is 0.582. The van der Waals surface area contributed by atoms with E-state index in [1.807, 2.05) is 0 Å². The number of nitrogens with zero attached hydrogens (tertiary/aromatic N) is 2. The molecule has 1 unspecified atom stereocenters. The van der Waals surface area contributed by atoms with Crippen LogP contribution in [0.25, 0.3) is 0 Å². The van der Waals surface area contributed by atoms with Crippen LogP contribution in [-0.2, 0) is 27.6 Å². The standard InChI is InChI=1S/C15H17ClN2O5S2/c1-4-18-15(20)10(8-17-18)13(19)9-6-7-11(25(3,22)23)14(12(9)16)24(21)5-2/h6-8,20H,4-5H2,1-3H3. The smallest absolute Gasteiger partial charge is 0.220 e. The van der Waals surface area contributed by atoms with Crippen LogP contribution in [0.2, 0.25) is 5.02 Å². The van der Waals surface area contributed by atoms with Gasteiger partial charge in [0.25, 0.3) is 0 Å². The van der Waals surface area contributed by atoms with Crippen LogP contribution < -0.4 is 0 Å². The van der Waals surface area contributed by atoms with Gasteiger partial charge in [-0.1, -0.05) is 11.6 Å². The number of aryl methyl sites for hydroxylation is 1. The summed E-state index contributed by atoms with van der Waals surface area (Å²) in [4.78, 5) is 12.4. The van der Waals surface area contributed by atoms with E-state index in [0.29, 0.717) is 6.54 Å². The van der Waals surface area contributed by atoms with Crippen molar-refractivity contribution in [3.05, 3.63) is 34.5 Å². The van der Waals surface area contributed by atoms with Gasteiger partial charge in [0.2, 0.25) is 11.7 Å². The zero-order chi connectivity index (χ0) is 18.9. The molecule has 136 valence electrons. The number of aromatic nitrogens is 2. The fourth-order valence-electron chi connectivity index (χ4n) is 2.28. The van der Waals surface area contributed by atoms with Crippen LogP contribution in [0, 0.1) is 0 Å². The molecule has 2 rings (SSSR count). The minimum atomic E-state index is -3.68. The summed E-state index contributed by atoms with van der Waals surface area (Å²) in [6.45, 7) is 3.73. The van der Waals surface area contributed by atoms with E-state index < -0.39 is 26.8 Å². The van der Waals surface area contributed by atoms with Gasteiger partial charge < -0.3 is 9.66 Å². The average molecular weight is 405 g/mol. The van der Waals surface area contributed by atoms with Gasteiger partial charge in [0.05, 0.1) is 6.20 Å². The molecule has 2 aromatic rings. The van der Waals surface area contributed by atoms with E-state index in [1.165, 1.54) is 23.0 Å². The van der Waals surface area contributed by atoms with E-state index in [1.54, 1.807) is 13.8 Å². The van der Waals surface area contributed by atoms with Crippen LogP contribution in [0.5, 0.6) is 5.88 Å². The number of hydrogen-bond acceptors (Lipinski definition) is 6. The molecule has 1 aromatic heterocycles. The van der Waals surface area contributed by atoms with E-state index in [4.69, 9.17) is 11.6 Å².